The first-order chi connectivity index (χ1) is 10.2. The number of ether oxygens (including phenoxy) is 1. The van der Waals surface area contributed by atoms with E-state index < -0.39 is 0 Å². The Morgan fingerprint density at radius 2 is 2.00 bits per heavy atom. The molecule has 0 unspecified atom stereocenters. The zero-order valence-electron chi connectivity index (χ0n) is 12.7. The summed E-state index contributed by atoms with van der Waals surface area (Å²) in [5.41, 5.74) is 2.10. The van der Waals surface area contributed by atoms with E-state index in [1.807, 2.05) is 38.1 Å². The van der Waals surface area contributed by atoms with Crippen LogP contribution in [0.5, 0.6) is 5.75 Å². The van der Waals surface area contributed by atoms with E-state index in [0.717, 1.165) is 36.6 Å². The average molecular weight is 284 g/mol. The predicted octanol–water partition coefficient (Wildman–Crippen LogP) is 3.44. The first kappa shape index (κ1) is 15.0. The van der Waals surface area contributed by atoms with Crippen LogP contribution in [0, 0.1) is 11.3 Å². The third kappa shape index (κ3) is 3.40. The van der Waals surface area contributed by atoms with E-state index >= 15 is 0 Å². The first-order valence-corrected chi connectivity index (χ1v) is 7.26. The molecule has 0 aliphatic rings. The Labute approximate surface area is 125 Å². The molecule has 21 heavy (non-hydrogen) atoms. The predicted molar refractivity (Wildman–Crippen MR) is 80.6 cm³/mol. The van der Waals surface area contributed by atoms with Gasteiger partial charge in [-0.1, -0.05) is 32.4 Å². The van der Waals surface area contributed by atoms with Crippen molar-refractivity contribution in [3.05, 3.63) is 35.7 Å². The number of benzene rings is 1. The molecule has 0 atom stereocenters. The second-order valence-corrected chi connectivity index (χ2v) is 5.20. The Balaban J connectivity index is 2.23. The Kier molecular flexibility index (Phi) is 4.94. The molecule has 0 fully saturated rings. The molecule has 0 spiro atoms. The molecule has 0 N–H and O–H groups in total. The second kappa shape index (κ2) is 6.89. The summed E-state index contributed by atoms with van der Waals surface area (Å²) < 4.78 is 7.36. The summed E-state index contributed by atoms with van der Waals surface area (Å²) in [6.07, 6.45) is 2.17. The monoisotopic (exact) mass is 284 g/mol. The fraction of sp³-hybridized carbons (Fsp3) is 0.438. The highest BCUT2D eigenvalue weighted by molar-refractivity contribution is 5.40. The molecule has 0 aliphatic heterocycles. The van der Waals surface area contributed by atoms with Gasteiger partial charge in [-0.3, -0.25) is 0 Å². The maximum absolute atomic E-state index is 9.11. The van der Waals surface area contributed by atoms with Gasteiger partial charge in [0.2, 0.25) is 0 Å². The number of rotatable bonds is 6. The van der Waals surface area contributed by atoms with Crippen LogP contribution in [-0.4, -0.2) is 21.6 Å². The fourth-order valence-electron chi connectivity index (χ4n) is 2.10. The van der Waals surface area contributed by atoms with E-state index in [0.29, 0.717) is 5.69 Å². The molecule has 0 saturated carbocycles. The molecule has 5 nitrogen and oxygen atoms in total. The van der Waals surface area contributed by atoms with Gasteiger partial charge in [-0.2, -0.15) is 5.26 Å². The van der Waals surface area contributed by atoms with Crippen molar-refractivity contribution in [2.24, 2.45) is 0 Å². The molecular formula is C16H20N4O. The van der Waals surface area contributed by atoms with Crippen molar-refractivity contribution in [2.75, 3.05) is 6.61 Å². The van der Waals surface area contributed by atoms with Gasteiger partial charge < -0.3 is 4.74 Å². The summed E-state index contributed by atoms with van der Waals surface area (Å²) in [7, 11) is 0. The zero-order chi connectivity index (χ0) is 15.2. The third-order valence-corrected chi connectivity index (χ3v) is 3.21. The molecule has 5 heteroatoms. The molecular weight excluding hydrogens is 264 g/mol. The van der Waals surface area contributed by atoms with Crippen molar-refractivity contribution in [1.29, 1.82) is 5.26 Å². The lowest BCUT2D eigenvalue weighted by Gasteiger charge is -2.10. The number of nitrogens with zero attached hydrogens (tertiary/aromatic N) is 4. The molecule has 0 bridgehead atoms. The van der Waals surface area contributed by atoms with E-state index in [1.165, 1.54) is 0 Å². The largest absolute Gasteiger partial charge is 0.494 e. The summed E-state index contributed by atoms with van der Waals surface area (Å²) in [6.45, 7) is 6.92. The van der Waals surface area contributed by atoms with Crippen LogP contribution >= 0.6 is 0 Å². The van der Waals surface area contributed by atoms with Gasteiger partial charge in [0.05, 0.1) is 18.0 Å². The van der Waals surface area contributed by atoms with Crippen molar-refractivity contribution < 1.29 is 4.74 Å². The SMILES string of the molecule is CCCCOc1ccc(-n2nnc(C#N)c2C(C)C)cc1. The molecule has 1 aromatic heterocycles. The first-order valence-electron chi connectivity index (χ1n) is 7.26. The van der Waals surface area contributed by atoms with Crippen molar-refractivity contribution in [1.82, 2.24) is 15.0 Å². The number of unbranched alkanes of at least 4 members (excludes halogenated alkanes) is 1. The van der Waals surface area contributed by atoms with E-state index in [9.17, 15) is 0 Å². The summed E-state index contributed by atoms with van der Waals surface area (Å²) in [5.74, 6) is 1.02. The minimum Gasteiger partial charge on any atom is -0.494 e. The average Bonchev–Trinajstić information content (AvgIpc) is 2.92. The highest BCUT2D eigenvalue weighted by atomic mass is 16.5. The van der Waals surface area contributed by atoms with Gasteiger partial charge in [0, 0.05) is 0 Å². The van der Waals surface area contributed by atoms with Crippen LogP contribution in [0.4, 0.5) is 0 Å². The zero-order valence-corrected chi connectivity index (χ0v) is 12.7. The topological polar surface area (TPSA) is 63.7 Å². The van der Waals surface area contributed by atoms with E-state index in [1.54, 1.807) is 4.68 Å². The Hall–Kier alpha value is -2.35. The third-order valence-electron chi connectivity index (χ3n) is 3.21. The lowest BCUT2D eigenvalue weighted by atomic mass is 10.1. The van der Waals surface area contributed by atoms with Crippen molar-refractivity contribution in [2.45, 2.75) is 39.5 Å². The lowest BCUT2D eigenvalue weighted by molar-refractivity contribution is 0.309. The van der Waals surface area contributed by atoms with E-state index in [4.69, 9.17) is 10.00 Å². The Bertz CT molecular complexity index is 623. The fourth-order valence-corrected chi connectivity index (χ4v) is 2.10. The Morgan fingerprint density at radius 3 is 2.57 bits per heavy atom. The molecule has 0 saturated heterocycles. The standard InChI is InChI=1S/C16H20N4O/c1-4-5-10-21-14-8-6-13(7-9-14)20-16(12(2)3)15(11-17)18-19-20/h6-9,12H,4-5,10H2,1-3H3. The maximum Gasteiger partial charge on any atom is 0.186 e. The number of hydrogen-bond donors (Lipinski definition) is 0. The van der Waals surface area contributed by atoms with Crippen LogP contribution in [0.25, 0.3) is 5.69 Å². The van der Waals surface area contributed by atoms with Crippen LogP contribution < -0.4 is 4.74 Å². The van der Waals surface area contributed by atoms with Crippen molar-refractivity contribution >= 4 is 0 Å². The smallest absolute Gasteiger partial charge is 0.186 e. The van der Waals surface area contributed by atoms with E-state index in [-0.39, 0.29) is 5.92 Å². The second-order valence-electron chi connectivity index (χ2n) is 5.20. The minimum absolute atomic E-state index is 0.176. The summed E-state index contributed by atoms with van der Waals surface area (Å²) in [6, 6.07) is 9.80. The minimum atomic E-state index is 0.176. The molecule has 2 aromatic rings. The van der Waals surface area contributed by atoms with Crippen molar-refractivity contribution in [3.63, 3.8) is 0 Å². The lowest BCUT2D eigenvalue weighted by Crippen LogP contribution is -2.05. The number of aromatic nitrogens is 3. The van der Waals surface area contributed by atoms with Crippen molar-refractivity contribution in [3.8, 4) is 17.5 Å². The van der Waals surface area contributed by atoms with Crippen LogP contribution in [-0.2, 0) is 0 Å². The quantitative estimate of drug-likeness (QED) is 0.762. The highest BCUT2D eigenvalue weighted by Gasteiger charge is 2.17. The van der Waals surface area contributed by atoms with Crippen LogP contribution in [0.2, 0.25) is 0 Å². The van der Waals surface area contributed by atoms with Gasteiger partial charge in [-0.25, -0.2) is 4.68 Å². The molecule has 110 valence electrons. The molecule has 0 aliphatic carbocycles. The summed E-state index contributed by atoms with van der Waals surface area (Å²) in [4.78, 5) is 0. The highest BCUT2D eigenvalue weighted by Crippen LogP contribution is 2.22. The molecule has 0 radical (unpaired) electrons. The Morgan fingerprint density at radius 1 is 1.29 bits per heavy atom. The number of hydrogen-bond acceptors (Lipinski definition) is 4. The van der Waals surface area contributed by atoms with Gasteiger partial charge in [0.25, 0.3) is 0 Å². The molecule has 2 rings (SSSR count). The van der Waals surface area contributed by atoms with E-state index in [2.05, 4.69) is 23.3 Å². The molecule has 1 heterocycles. The number of nitriles is 1. The summed E-state index contributed by atoms with van der Waals surface area (Å²) in [5, 5.41) is 17.1. The molecule has 0 amide bonds. The maximum atomic E-state index is 9.11. The normalized spacial score (nSPS) is 10.6. The van der Waals surface area contributed by atoms with Crippen LogP contribution in [0.15, 0.2) is 24.3 Å². The van der Waals surface area contributed by atoms with Gasteiger partial charge in [-0.05, 0) is 36.6 Å². The van der Waals surface area contributed by atoms with Crippen LogP contribution in [0.3, 0.4) is 0 Å². The van der Waals surface area contributed by atoms with Gasteiger partial charge in [0.1, 0.15) is 11.8 Å². The van der Waals surface area contributed by atoms with Gasteiger partial charge >= 0.3 is 0 Å². The van der Waals surface area contributed by atoms with Gasteiger partial charge in [0.15, 0.2) is 5.69 Å². The van der Waals surface area contributed by atoms with Crippen LogP contribution in [0.1, 0.15) is 50.9 Å². The molecule has 1 aromatic carbocycles. The van der Waals surface area contributed by atoms with Gasteiger partial charge in [-0.15, -0.1) is 5.10 Å². The summed E-state index contributed by atoms with van der Waals surface area (Å²) >= 11 is 0.